The highest BCUT2D eigenvalue weighted by Gasteiger charge is 2.41. The molecular weight excluding hydrogens is 443 g/mol. The Hall–Kier alpha value is -3.13. The van der Waals surface area contributed by atoms with E-state index in [1.165, 1.54) is 6.07 Å². The van der Waals surface area contributed by atoms with E-state index in [9.17, 15) is 0 Å². The Morgan fingerprint density at radius 2 is 1.89 bits per heavy atom. The van der Waals surface area contributed by atoms with E-state index in [4.69, 9.17) is 9.72 Å². The molecule has 7 nitrogen and oxygen atoms in total. The number of nitrogens with zero attached hydrogens (tertiary/aromatic N) is 6. The van der Waals surface area contributed by atoms with Gasteiger partial charge in [-0.3, -0.25) is 4.98 Å². The lowest BCUT2D eigenvalue weighted by Gasteiger charge is -2.35. The summed E-state index contributed by atoms with van der Waals surface area (Å²) in [5.41, 5.74) is 3.67. The molecule has 5 heterocycles. The van der Waals surface area contributed by atoms with Crippen molar-refractivity contribution in [1.29, 1.82) is 0 Å². The van der Waals surface area contributed by atoms with Crippen molar-refractivity contribution in [2.24, 2.45) is 0 Å². The Balaban J connectivity index is 1.42. The number of rotatable bonds is 3. The molecule has 2 aromatic heterocycles. The molecule has 1 fully saturated rings. The van der Waals surface area contributed by atoms with Crippen molar-refractivity contribution in [3.05, 3.63) is 36.4 Å². The molecule has 3 aliphatic heterocycles. The van der Waals surface area contributed by atoms with Crippen LogP contribution in [0.4, 0.5) is 21.6 Å². The number of ether oxygens (including phenoxy) is 1. The van der Waals surface area contributed by atoms with E-state index in [-0.39, 0.29) is 11.4 Å². The van der Waals surface area contributed by atoms with Gasteiger partial charge in [0.2, 0.25) is 0 Å². The van der Waals surface area contributed by atoms with Crippen molar-refractivity contribution in [2.45, 2.75) is 38.3 Å². The molecule has 0 atom stereocenters. The van der Waals surface area contributed by atoms with Crippen molar-refractivity contribution in [2.75, 3.05) is 62.2 Å². The largest absolute Gasteiger partial charge is 0.490 e. The molecule has 6 rings (SSSR count). The summed E-state index contributed by atoms with van der Waals surface area (Å²) in [6.07, 6.45) is 5.87. The Morgan fingerprint density at radius 3 is 2.57 bits per heavy atom. The highest BCUT2D eigenvalue weighted by molar-refractivity contribution is 6.07. The highest BCUT2D eigenvalue weighted by atomic mass is 19.1. The first-order chi connectivity index (χ1) is 16.7. The van der Waals surface area contributed by atoms with Gasteiger partial charge in [-0.05, 0) is 52.9 Å². The Labute approximate surface area is 206 Å². The van der Waals surface area contributed by atoms with Gasteiger partial charge >= 0.3 is 0 Å². The van der Waals surface area contributed by atoms with Gasteiger partial charge in [-0.1, -0.05) is 0 Å². The first-order valence-electron chi connectivity index (χ1n) is 12.4. The monoisotopic (exact) mass is 476 g/mol. The zero-order valence-electron chi connectivity index (χ0n) is 21.2. The van der Waals surface area contributed by atoms with Crippen LogP contribution >= 0.6 is 0 Å². The SMILES string of the molecule is CN1CN2c3c1cnc1cc(F)c(-c4ccc(N5CCC(N(C)C)CC5)nc4)c(c31)OCC2(C)C. The maximum Gasteiger partial charge on any atom is 0.141 e. The normalized spacial score (nSPS) is 19.5. The third-order valence-corrected chi connectivity index (χ3v) is 7.91. The van der Waals surface area contributed by atoms with Crippen LogP contribution in [0.5, 0.6) is 5.75 Å². The molecule has 3 aromatic rings. The van der Waals surface area contributed by atoms with E-state index in [2.05, 4.69) is 59.6 Å². The van der Waals surface area contributed by atoms with Crippen molar-refractivity contribution < 1.29 is 9.13 Å². The molecule has 0 saturated carbocycles. The lowest BCUT2D eigenvalue weighted by molar-refractivity contribution is 0.241. The summed E-state index contributed by atoms with van der Waals surface area (Å²) in [7, 11) is 6.36. The number of anilines is 3. The summed E-state index contributed by atoms with van der Waals surface area (Å²) in [5, 5.41) is 0.878. The molecule has 0 radical (unpaired) electrons. The second-order valence-electron chi connectivity index (χ2n) is 10.9. The summed E-state index contributed by atoms with van der Waals surface area (Å²) in [6, 6.07) is 6.13. The highest BCUT2D eigenvalue weighted by Crippen LogP contribution is 2.51. The molecule has 0 aliphatic carbocycles. The zero-order chi connectivity index (χ0) is 24.5. The van der Waals surface area contributed by atoms with Crippen LogP contribution in [0.2, 0.25) is 0 Å². The first-order valence-corrected chi connectivity index (χ1v) is 12.4. The fourth-order valence-electron chi connectivity index (χ4n) is 5.74. The van der Waals surface area contributed by atoms with Crippen molar-refractivity contribution in [1.82, 2.24) is 14.9 Å². The molecule has 0 amide bonds. The molecule has 184 valence electrons. The Kier molecular flexibility index (Phi) is 5.07. The van der Waals surface area contributed by atoms with E-state index in [1.54, 1.807) is 6.20 Å². The summed E-state index contributed by atoms with van der Waals surface area (Å²) in [5.74, 6) is 1.17. The van der Waals surface area contributed by atoms with Gasteiger partial charge in [0.05, 0.1) is 46.2 Å². The molecule has 3 aliphatic rings. The predicted molar refractivity (Wildman–Crippen MR) is 139 cm³/mol. The minimum Gasteiger partial charge on any atom is -0.490 e. The molecule has 35 heavy (non-hydrogen) atoms. The van der Waals surface area contributed by atoms with E-state index >= 15 is 4.39 Å². The molecule has 8 heteroatoms. The standard InChI is InChI=1S/C27H33FN6O/c1-27(2)15-35-26-23(17-6-7-22(30-13-17)33-10-8-18(9-11-33)31(3)4)19(28)12-20-24(26)25-21(14-29-20)32(5)16-34(25)27/h6-7,12-14,18H,8-11,15-16H2,1-5H3. The first kappa shape index (κ1) is 22.3. The smallest absolute Gasteiger partial charge is 0.141 e. The van der Waals surface area contributed by atoms with Gasteiger partial charge in [0, 0.05) is 44.0 Å². The van der Waals surface area contributed by atoms with Crippen molar-refractivity contribution >= 4 is 28.1 Å². The van der Waals surface area contributed by atoms with Crippen LogP contribution in [-0.2, 0) is 0 Å². The summed E-state index contributed by atoms with van der Waals surface area (Å²) in [4.78, 5) is 18.5. The molecule has 1 saturated heterocycles. The molecule has 0 spiro atoms. The second kappa shape index (κ2) is 7.95. The van der Waals surface area contributed by atoms with Crippen LogP contribution in [0.15, 0.2) is 30.6 Å². The second-order valence-corrected chi connectivity index (χ2v) is 10.9. The van der Waals surface area contributed by atoms with Gasteiger partial charge in [-0.2, -0.15) is 0 Å². The molecular formula is C27H33FN6O. The Morgan fingerprint density at radius 1 is 1.11 bits per heavy atom. The predicted octanol–water partition coefficient (Wildman–Crippen LogP) is 4.35. The number of hydrogen-bond acceptors (Lipinski definition) is 7. The number of pyridine rings is 2. The Bertz CT molecular complexity index is 1280. The minimum atomic E-state index is -0.334. The molecule has 0 N–H and O–H groups in total. The fourth-order valence-corrected chi connectivity index (χ4v) is 5.74. The van der Waals surface area contributed by atoms with E-state index in [0.717, 1.165) is 60.7 Å². The van der Waals surface area contributed by atoms with Crippen LogP contribution < -0.4 is 19.4 Å². The van der Waals surface area contributed by atoms with E-state index < -0.39 is 0 Å². The summed E-state index contributed by atoms with van der Waals surface area (Å²) in [6.45, 7) is 7.49. The van der Waals surface area contributed by atoms with Gasteiger partial charge in [-0.15, -0.1) is 0 Å². The van der Waals surface area contributed by atoms with Gasteiger partial charge in [-0.25, -0.2) is 9.37 Å². The number of piperidine rings is 1. The van der Waals surface area contributed by atoms with Gasteiger partial charge < -0.3 is 24.3 Å². The quantitative estimate of drug-likeness (QED) is 0.557. The van der Waals surface area contributed by atoms with Crippen molar-refractivity contribution in [3.63, 3.8) is 0 Å². The van der Waals surface area contributed by atoms with Gasteiger partial charge in [0.1, 0.15) is 24.0 Å². The number of benzene rings is 1. The van der Waals surface area contributed by atoms with Crippen LogP contribution in [0.25, 0.3) is 22.0 Å². The number of aromatic nitrogens is 2. The molecule has 1 aromatic carbocycles. The number of halogens is 1. The zero-order valence-corrected chi connectivity index (χ0v) is 21.2. The number of hydrogen-bond donors (Lipinski definition) is 0. The lowest BCUT2D eigenvalue weighted by Crippen LogP contribution is -2.48. The van der Waals surface area contributed by atoms with Gasteiger partial charge in [0.15, 0.2) is 0 Å². The van der Waals surface area contributed by atoms with E-state index in [1.807, 2.05) is 18.3 Å². The average molecular weight is 477 g/mol. The van der Waals surface area contributed by atoms with Crippen LogP contribution in [0.3, 0.4) is 0 Å². The summed E-state index contributed by atoms with van der Waals surface area (Å²) >= 11 is 0. The summed E-state index contributed by atoms with van der Waals surface area (Å²) < 4.78 is 22.0. The maximum atomic E-state index is 15.6. The average Bonchev–Trinajstić information content (AvgIpc) is 3.14. The fraction of sp³-hybridized carbons (Fsp3) is 0.481. The molecule has 0 bridgehead atoms. The topological polar surface area (TPSA) is 48.0 Å². The van der Waals surface area contributed by atoms with Crippen molar-refractivity contribution in [3.8, 4) is 16.9 Å². The minimum absolute atomic E-state index is 0.249. The van der Waals surface area contributed by atoms with E-state index in [0.29, 0.717) is 29.5 Å². The third kappa shape index (κ3) is 3.49. The van der Waals surface area contributed by atoms with Crippen LogP contribution in [0.1, 0.15) is 26.7 Å². The third-order valence-electron chi connectivity index (χ3n) is 7.91. The lowest BCUT2D eigenvalue weighted by atomic mass is 10.00. The molecule has 0 unspecified atom stereocenters. The van der Waals surface area contributed by atoms with Gasteiger partial charge in [0.25, 0.3) is 0 Å². The van der Waals surface area contributed by atoms with Crippen LogP contribution in [-0.4, -0.2) is 74.0 Å². The van der Waals surface area contributed by atoms with Crippen LogP contribution in [0, 0.1) is 5.82 Å². The maximum absolute atomic E-state index is 15.6.